The highest BCUT2D eigenvalue weighted by molar-refractivity contribution is 7.85. The molecule has 1 saturated heterocycles. The van der Waals surface area contributed by atoms with E-state index in [1.54, 1.807) is 6.07 Å². The molecule has 6 nitrogen and oxygen atoms in total. The molecule has 26 heavy (non-hydrogen) atoms. The molecule has 1 heterocycles. The van der Waals surface area contributed by atoms with Gasteiger partial charge in [0.2, 0.25) is 11.2 Å². The Labute approximate surface area is 154 Å². The van der Waals surface area contributed by atoms with E-state index in [4.69, 9.17) is 0 Å². The third-order valence-corrected chi connectivity index (χ3v) is 6.80. The van der Waals surface area contributed by atoms with Gasteiger partial charge < -0.3 is 10.4 Å². The van der Waals surface area contributed by atoms with Gasteiger partial charge in [-0.15, -0.1) is 0 Å². The third-order valence-electron chi connectivity index (χ3n) is 5.68. The van der Waals surface area contributed by atoms with E-state index in [-0.39, 0.29) is 18.0 Å². The van der Waals surface area contributed by atoms with Gasteiger partial charge in [-0.3, -0.25) is 13.8 Å². The summed E-state index contributed by atoms with van der Waals surface area (Å²) in [5.74, 6) is -1.25. The van der Waals surface area contributed by atoms with E-state index in [1.807, 2.05) is 0 Å². The zero-order chi connectivity index (χ0) is 18.3. The minimum absolute atomic E-state index is 0.136. The number of carbonyl (C=O) groups is 1. The van der Waals surface area contributed by atoms with Gasteiger partial charge in [0.05, 0.1) is 0 Å². The van der Waals surface area contributed by atoms with Crippen molar-refractivity contribution in [3.63, 3.8) is 0 Å². The quantitative estimate of drug-likeness (QED) is 0.698. The molecule has 142 valence electrons. The van der Waals surface area contributed by atoms with Crippen LogP contribution in [0.4, 0.5) is 10.1 Å². The van der Waals surface area contributed by atoms with Crippen LogP contribution < -0.4 is 14.3 Å². The predicted molar refractivity (Wildman–Crippen MR) is 97.5 cm³/mol. The Bertz CT molecular complexity index is 752. The zero-order valence-electron chi connectivity index (χ0n) is 14.6. The minimum Gasteiger partial charge on any atom is -0.506 e. The van der Waals surface area contributed by atoms with Crippen LogP contribution in [0.3, 0.4) is 0 Å². The molecule has 8 heteroatoms. The number of anilines is 1. The first-order valence-corrected chi connectivity index (χ1v) is 10.4. The number of phenols is 1. The van der Waals surface area contributed by atoms with Crippen molar-refractivity contribution in [1.82, 2.24) is 10.0 Å². The number of hydrogen-bond donors (Lipinski definition) is 3. The standard InChI is InChI=1S/C18H24FN3O3S/c19-17-14-8-7-13(20-12-3-1-2-4-12)6-5-11(14)9-15(23)18(17)22-10-16(24)21-26(22)25/h9,12-13,20,23H,1-8,10H2,(H,21,24). The highest BCUT2D eigenvalue weighted by Gasteiger charge is 2.33. The van der Waals surface area contributed by atoms with Crippen LogP contribution in [-0.4, -0.2) is 33.9 Å². The van der Waals surface area contributed by atoms with Gasteiger partial charge in [0, 0.05) is 12.1 Å². The Morgan fingerprint density at radius 2 is 1.88 bits per heavy atom. The number of benzene rings is 1. The largest absolute Gasteiger partial charge is 0.506 e. The van der Waals surface area contributed by atoms with E-state index < -0.39 is 22.9 Å². The Hall–Kier alpha value is -1.67. The maximum Gasteiger partial charge on any atom is 0.253 e. The van der Waals surface area contributed by atoms with Gasteiger partial charge in [-0.1, -0.05) is 12.8 Å². The molecule has 2 fully saturated rings. The number of nitrogens with one attached hydrogen (secondary N) is 2. The summed E-state index contributed by atoms with van der Waals surface area (Å²) in [6.07, 6.45) is 8.00. The number of hydrogen-bond acceptors (Lipinski definition) is 4. The van der Waals surface area contributed by atoms with E-state index >= 15 is 4.39 Å². The molecule has 3 aliphatic rings. The molecule has 1 aromatic carbocycles. The monoisotopic (exact) mass is 381 g/mol. The number of aromatic hydroxyl groups is 1. The Morgan fingerprint density at radius 3 is 2.58 bits per heavy atom. The van der Waals surface area contributed by atoms with Crippen molar-refractivity contribution in [1.29, 1.82) is 0 Å². The first kappa shape index (κ1) is 17.7. The average molecular weight is 381 g/mol. The van der Waals surface area contributed by atoms with Crippen LogP contribution in [0.25, 0.3) is 0 Å². The molecule has 0 aromatic heterocycles. The summed E-state index contributed by atoms with van der Waals surface area (Å²) in [7, 11) is 0. The van der Waals surface area contributed by atoms with Crippen LogP contribution in [0, 0.1) is 5.82 Å². The van der Waals surface area contributed by atoms with Crippen molar-refractivity contribution in [2.24, 2.45) is 0 Å². The zero-order valence-corrected chi connectivity index (χ0v) is 15.4. The minimum atomic E-state index is -1.86. The fourth-order valence-electron chi connectivity index (χ4n) is 4.37. The van der Waals surface area contributed by atoms with E-state index in [0.29, 0.717) is 30.5 Å². The van der Waals surface area contributed by atoms with Crippen LogP contribution >= 0.6 is 0 Å². The first-order chi connectivity index (χ1) is 12.5. The third kappa shape index (κ3) is 3.32. The number of halogens is 1. The van der Waals surface area contributed by atoms with Gasteiger partial charge in [0.25, 0.3) is 5.91 Å². The molecule has 2 atom stereocenters. The molecule has 2 unspecified atom stereocenters. The molecule has 1 saturated carbocycles. The summed E-state index contributed by atoms with van der Waals surface area (Å²) in [4.78, 5) is 11.5. The summed E-state index contributed by atoms with van der Waals surface area (Å²) in [5.41, 5.74) is 1.25. The molecule has 1 amide bonds. The van der Waals surface area contributed by atoms with Crippen LogP contribution in [0.1, 0.15) is 49.7 Å². The van der Waals surface area contributed by atoms with Gasteiger partial charge in [0.1, 0.15) is 18.0 Å². The summed E-state index contributed by atoms with van der Waals surface area (Å²) < 4.78 is 30.5. The van der Waals surface area contributed by atoms with Crippen molar-refractivity contribution in [2.75, 3.05) is 10.8 Å². The molecule has 0 spiro atoms. The van der Waals surface area contributed by atoms with E-state index in [9.17, 15) is 14.1 Å². The van der Waals surface area contributed by atoms with Gasteiger partial charge in [0.15, 0.2) is 5.82 Å². The highest BCUT2D eigenvalue weighted by atomic mass is 32.2. The number of rotatable bonds is 3. The Morgan fingerprint density at radius 1 is 1.19 bits per heavy atom. The molecule has 1 aliphatic heterocycles. The highest BCUT2D eigenvalue weighted by Crippen LogP contribution is 2.38. The van der Waals surface area contributed by atoms with Crippen LogP contribution in [0.15, 0.2) is 6.07 Å². The first-order valence-electron chi connectivity index (χ1n) is 9.31. The van der Waals surface area contributed by atoms with Gasteiger partial charge in [-0.05, 0) is 55.7 Å². The van der Waals surface area contributed by atoms with Crippen molar-refractivity contribution in [2.45, 2.75) is 63.5 Å². The molecule has 4 rings (SSSR count). The van der Waals surface area contributed by atoms with Crippen molar-refractivity contribution in [3.05, 3.63) is 23.0 Å². The number of aryl methyl sites for hydroxylation is 1. The Balaban J connectivity index is 1.57. The summed E-state index contributed by atoms with van der Waals surface area (Å²) in [5, 5.41) is 14.0. The topological polar surface area (TPSA) is 81.7 Å². The molecule has 3 N–H and O–H groups in total. The normalized spacial score (nSPS) is 26.7. The van der Waals surface area contributed by atoms with Crippen molar-refractivity contribution in [3.8, 4) is 5.75 Å². The number of fused-ring (bicyclic) bond motifs is 1. The summed E-state index contributed by atoms with van der Waals surface area (Å²) in [6, 6.07) is 2.49. The lowest BCUT2D eigenvalue weighted by Gasteiger charge is -2.21. The van der Waals surface area contributed by atoms with Crippen LogP contribution in [0.2, 0.25) is 0 Å². The van der Waals surface area contributed by atoms with Gasteiger partial charge in [-0.25, -0.2) is 8.60 Å². The van der Waals surface area contributed by atoms with Gasteiger partial charge >= 0.3 is 0 Å². The maximum atomic E-state index is 15.2. The molecular formula is C18H24FN3O3S. The van der Waals surface area contributed by atoms with Crippen molar-refractivity contribution >= 4 is 22.8 Å². The second-order valence-electron chi connectivity index (χ2n) is 7.43. The summed E-state index contributed by atoms with van der Waals surface area (Å²) >= 11 is -1.86. The maximum absolute atomic E-state index is 15.2. The number of nitrogens with zero attached hydrogens (tertiary/aromatic N) is 1. The number of amides is 1. The van der Waals surface area contributed by atoms with Gasteiger partial charge in [-0.2, -0.15) is 0 Å². The lowest BCUT2D eigenvalue weighted by atomic mass is 10.0. The lowest BCUT2D eigenvalue weighted by molar-refractivity contribution is -0.117. The SMILES string of the molecule is O=C1CN(c2c(O)cc3c(c2F)CCC(NC2CCCC2)CC3)S(=O)N1. The lowest BCUT2D eigenvalue weighted by Crippen LogP contribution is -2.36. The number of phenolic OH excluding ortho intramolecular Hbond substituents is 1. The van der Waals surface area contributed by atoms with Crippen LogP contribution in [-0.2, 0) is 28.8 Å². The molecule has 2 aliphatic carbocycles. The van der Waals surface area contributed by atoms with E-state index in [2.05, 4.69) is 10.0 Å². The smallest absolute Gasteiger partial charge is 0.253 e. The van der Waals surface area contributed by atoms with Crippen LogP contribution in [0.5, 0.6) is 5.75 Å². The molecular weight excluding hydrogens is 357 g/mol. The molecule has 1 aromatic rings. The predicted octanol–water partition coefficient (Wildman–Crippen LogP) is 1.83. The second-order valence-corrected chi connectivity index (χ2v) is 8.57. The van der Waals surface area contributed by atoms with Crippen molar-refractivity contribution < 1.29 is 18.5 Å². The second kappa shape index (κ2) is 7.15. The fraction of sp³-hybridized carbons (Fsp3) is 0.611. The van der Waals surface area contributed by atoms with E-state index in [0.717, 1.165) is 22.7 Å². The number of carbonyl (C=O) groups excluding carboxylic acids is 1. The fourth-order valence-corrected chi connectivity index (χ4v) is 5.31. The average Bonchev–Trinajstić information content (AvgIpc) is 3.15. The summed E-state index contributed by atoms with van der Waals surface area (Å²) in [6.45, 7) is -0.220. The van der Waals surface area contributed by atoms with E-state index in [1.165, 1.54) is 25.7 Å². The molecule has 0 radical (unpaired) electrons. The molecule has 0 bridgehead atoms. The Kier molecular flexibility index (Phi) is 4.88.